The first kappa shape index (κ1) is 9.85. The van der Waals surface area contributed by atoms with E-state index in [9.17, 15) is 0 Å². The standard InChI is InChI=1S/C13H17N3/c1-8-5-6-10-12(9(8)2)16-13(15-10)11-4-3-7-14-11/h5-6,11,14H,3-4,7H2,1-2H3,(H,15,16)/t11-/m0/s1. The molecule has 2 N–H and O–H groups in total. The van der Waals surface area contributed by atoms with Gasteiger partial charge in [0, 0.05) is 0 Å². The zero-order valence-electron chi connectivity index (χ0n) is 9.80. The number of hydrogen-bond acceptors (Lipinski definition) is 2. The van der Waals surface area contributed by atoms with Crippen molar-refractivity contribution in [2.75, 3.05) is 6.54 Å². The normalized spacial score (nSPS) is 20.8. The number of aromatic nitrogens is 2. The predicted molar refractivity (Wildman–Crippen MR) is 65.5 cm³/mol. The van der Waals surface area contributed by atoms with E-state index in [2.05, 4.69) is 36.3 Å². The van der Waals surface area contributed by atoms with Gasteiger partial charge in [0.2, 0.25) is 0 Å². The molecule has 0 aliphatic carbocycles. The van der Waals surface area contributed by atoms with E-state index < -0.39 is 0 Å². The number of imidazole rings is 1. The van der Waals surface area contributed by atoms with Gasteiger partial charge in [-0.15, -0.1) is 0 Å². The second-order valence-corrected chi connectivity index (χ2v) is 4.67. The Kier molecular flexibility index (Phi) is 2.21. The van der Waals surface area contributed by atoms with Crippen LogP contribution in [0.5, 0.6) is 0 Å². The molecule has 1 aromatic carbocycles. The van der Waals surface area contributed by atoms with Gasteiger partial charge in [-0.05, 0) is 50.4 Å². The lowest BCUT2D eigenvalue weighted by atomic mass is 10.1. The highest BCUT2D eigenvalue weighted by atomic mass is 15.0. The van der Waals surface area contributed by atoms with E-state index in [1.54, 1.807) is 0 Å². The fraction of sp³-hybridized carbons (Fsp3) is 0.462. The SMILES string of the molecule is Cc1ccc2[nH]c([C@@H]3CCCN3)nc2c1C. The lowest BCUT2D eigenvalue weighted by Crippen LogP contribution is -2.14. The van der Waals surface area contributed by atoms with E-state index in [1.165, 1.54) is 24.0 Å². The molecule has 1 saturated heterocycles. The lowest BCUT2D eigenvalue weighted by Gasteiger charge is -2.04. The molecule has 1 atom stereocenters. The number of aromatic amines is 1. The molecule has 2 aromatic rings. The summed E-state index contributed by atoms with van der Waals surface area (Å²) in [6.07, 6.45) is 2.44. The maximum Gasteiger partial charge on any atom is 0.124 e. The number of nitrogens with zero attached hydrogens (tertiary/aromatic N) is 1. The molecule has 1 fully saturated rings. The topological polar surface area (TPSA) is 40.7 Å². The quantitative estimate of drug-likeness (QED) is 0.767. The number of rotatable bonds is 1. The smallest absolute Gasteiger partial charge is 0.124 e. The van der Waals surface area contributed by atoms with Gasteiger partial charge in [0.1, 0.15) is 5.82 Å². The summed E-state index contributed by atoms with van der Waals surface area (Å²) in [5.41, 5.74) is 4.89. The monoisotopic (exact) mass is 215 g/mol. The number of nitrogens with one attached hydrogen (secondary N) is 2. The van der Waals surface area contributed by atoms with Crippen molar-refractivity contribution < 1.29 is 0 Å². The van der Waals surface area contributed by atoms with Gasteiger partial charge >= 0.3 is 0 Å². The van der Waals surface area contributed by atoms with Crippen LogP contribution in [0, 0.1) is 13.8 Å². The van der Waals surface area contributed by atoms with E-state index >= 15 is 0 Å². The van der Waals surface area contributed by atoms with Crippen LogP contribution >= 0.6 is 0 Å². The van der Waals surface area contributed by atoms with Gasteiger partial charge in [-0.3, -0.25) is 0 Å². The van der Waals surface area contributed by atoms with Gasteiger partial charge in [0.25, 0.3) is 0 Å². The van der Waals surface area contributed by atoms with E-state index in [1.807, 2.05) is 0 Å². The third kappa shape index (κ3) is 1.43. The first-order valence-corrected chi connectivity index (χ1v) is 5.95. The van der Waals surface area contributed by atoms with Crippen LogP contribution < -0.4 is 5.32 Å². The number of hydrogen-bond donors (Lipinski definition) is 2. The molecule has 0 radical (unpaired) electrons. The van der Waals surface area contributed by atoms with E-state index in [0.717, 1.165) is 23.4 Å². The van der Waals surface area contributed by atoms with Gasteiger partial charge in [-0.2, -0.15) is 0 Å². The zero-order chi connectivity index (χ0) is 11.1. The molecule has 84 valence electrons. The third-order valence-corrected chi connectivity index (χ3v) is 3.59. The van der Waals surface area contributed by atoms with Crippen molar-refractivity contribution in [3.05, 3.63) is 29.1 Å². The minimum Gasteiger partial charge on any atom is -0.341 e. The van der Waals surface area contributed by atoms with Gasteiger partial charge in [0.15, 0.2) is 0 Å². The molecule has 1 aromatic heterocycles. The molecule has 0 saturated carbocycles. The summed E-state index contributed by atoms with van der Waals surface area (Å²) in [7, 11) is 0. The fourth-order valence-corrected chi connectivity index (χ4v) is 2.42. The van der Waals surface area contributed by atoms with Crippen LogP contribution in [0.4, 0.5) is 0 Å². The minimum absolute atomic E-state index is 0.423. The van der Waals surface area contributed by atoms with Crippen molar-refractivity contribution >= 4 is 11.0 Å². The van der Waals surface area contributed by atoms with Gasteiger partial charge in [-0.1, -0.05) is 6.07 Å². The van der Waals surface area contributed by atoms with Crippen molar-refractivity contribution in [1.29, 1.82) is 0 Å². The van der Waals surface area contributed by atoms with Crippen molar-refractivity contribution in [1.82, 2.24) is 15.3 Å². The van der Waals surface area contributed by atoms with Crippen LogP contribution in [-0.4, -0.2) is 16.5 Å². The van der Waals surface area contributed by atoms with Crippen molar-refractivity contribution in [3.63, 3.8) is 0 Å². The maximum absolute atomic E-state index is 4.74. The molecular formula is C13H17N3. The first-order valence-electron chi connectivity index (χ1n) is 5.95. The summed E-state index contributed by atoms with van der Waals surface area (Å²) >= 11 is 0. The van der Waals surface area contributed by atoms with Crippen molar-refractivity contribution in [2.24, 2.45) is 0 Å². The van der Waals surface area contributed by atoms with Crippen LogP contribution in [0.3, 0.4) is 0 Å². The number of aryl methyl sites for hydroxylation is 2. The predicted octanol–water partition coefficient (Wildman–Crippen LogP) is 2.60. The fourth-order valence-electron chi connectivity index (χ4n) is 2.42. The minimum atomic E-state index is 0.423. The van der Waals surface area contributed by atoms with Crippen LogP contribution in [0.2, 0.25) is 0 Å². The largest absolute Gasteiger partial charge is 0.341 e. The Hall–Kier alpha value is -1.35. The van der Waals surface area contributed by atoms with E-state index in [0.29, 0.717) is 6.04 Å². The average Bonchev–Trinajstić information content (AvgIpc) is 2.91. The molecule has 0 unspecified atom stereocenters. The highest BCUT2D eigenvalue weighted by Gasteiger charge is 2.19. The van der Waals surface area contributed by atoms with Crippen LogP contribution in [0.25, 0.3) is 11.0 Å². The summed E-state index contributed by atoms with van der Waals surface area (Å²) in [5.74, 6) is 1.10. The molecule has 0 bridgehead atoms. The average molecular weight is 215 g/mol. The summed E-state index contributed by atoms with van der Waals surface area (Å²) in [4.78, 5) is 8.17. The van der Waals surface area contributed by atoms with E-state index in [-0.39, 0.29) is 0 Å². The van der Waals surface area contributed by atoms with Gasteiger partial charge < -0.3 is 10.3 Å². The van der Waals surface area contributed by atoms with Gasteiger partial charge in [-0.25, -0.2) is 4.98 Å². The summed E-state index contributed by atoms with van der Waals surface area (Å²) < 4.78 is 0. The molecular weight excluding hydrogens is 198 g/mol. The second kappa shape index (κ2) is 3.59. The Labute approximate surface area is 95.3 Å². The number of fused-ring (bicyclic) bond motifs is 1. The Balaban J connectivity index is 2.11. The Bertz CT molecular complexity index is 521. The van der Waals surface area contributed by atoms with Crippen LogP contribution in [-0.2, 0) is 0 Å². The van der Waals surface area contributed by atoms with Gasteiger partial charge in [0.05, 0.1) is 17.1 Å². The molecule has 1 aliphatic rings. The Morgan fingerprint density at radius 3 is 2.94 bits per heavy atom. The Morgan fingerprint density at radius 1 is 1.31 bits per heavy atom. The molecule has 0 amide bonds. The summed E-state index contributed by atoms with van der Waals surface area (Å²) in [6.45, 7) is 5.39. The third-order valence-electron chi connectivity index (χ3n) is 3.59. The first-order chi connectivity index (χ1) is 7.75. The molecule has 1 aliphatic heterocycles. The van der Waals surface area contributed by atoms with Crippen LogP contribution in [0.15, 0.2) is 12.1 Å². The number of benzene rings is 1. The summed E-state index contributed by atoms with van der Waals surface area (Å²) in [6, 6.07) is 4.71. The maximum atomic E-state index is 4.74. The molecule has 3 heteroatoms. The molecule has 0 spiro atoms. The zero-order valence-corrected chi connectivity index (χ0v) is 9.80. The molecule has 16 heavy (non-hydrogen) atoms. The van der Waals surface area contributed by atoms with Crippen molar-refractivity contribution in [2.45, 2.75) is 32.7 Å². The molecule has 2 heterocycles. The highest BCUT2D eigenvalue weighted by molar-refractivity contribution is 5.79. The lowest BCUT2D eigenvalue weighted by molar-refractivity contribution is 0.614. The van der Waals surface area contributed by atoms with Crippen molar-refractivity contribution in [3.8, 4) is 0 Å². The summed E-state index contributed by atoms with van der Waals surface area (Å²) in [5, 5.41) is 3.47. The molecule has 3 rings (SSSR count). The molecule has 3 nitrogen and oxygen atoms in total. The Morgan fingerprint density at radius 2 is 2.19 bits per heavy atom. The van der Waals surface area contributed by atoms with E-state index in [4.69, 9.17) is 4.98 Å². The highest BCUT2D eigenvalue weighted by Crippen LogP contribution is 2.25. The second-order valence-electron chi connectivity index (χ2n) is 4.67. The van der Waals surface area contributed by atoms with Crippen LogP contribution in [0.1, 0.15) is 35.8 Å². The number of H-pyrrole nitrogens is 1.